The molecule has 0 N–H and O–H groups in total. The predicted octanol–water partition coefficient (Wildman–Crippen LogP) is 2.48. The summed E-state index contributed by atoms with van der Waals surface area (Å²) in [5.74, 6) is -0.0260. The maximum absolute atomic E-state index is 12.4. The second kappa shape index (κ2) is 6.51. The van der Waals surface area contributed by atoms with Gasteiger partial charge in [0, 0.05) is 35.3 Å². The minimum Gasteiger partial charge on any atom is -0.472 e. The zero-order chi connectivity index (χ0) is 15.5. The summed E-state index contributed by atoms with van der Waals surface area (Å²) in [5.41, 5.74) is 1.24. The van der Waals surface area contributed by atoms with Gasteiger partial charge in [-0.3, -0.25) is 9.59 Å². The summed E-state index contributed by atoms with van der Waals surface area (Å²) in [5, 5.41) is 0. The fourth-order valence-corrected chi connectivity index (χ4v) is 2.82. The summed E-state index contributed by atoms with van der Waals surface area (Å²) in [6, 6.07) is 9.19. The molecule has 0 spiro atoms. The number of halogens is 1. The molecule has 0 aliphatic carbocycles. The van der Waals surface area contributed by atoms with Crippen molar-refractivity contribution in [2.75, 3.05) is 26.2 Å². The standard InChI is InChI=1S/C16H15IN2O3/c17-14-3-1-12(2-4-14)15(20)18-6-8-19(9-7-18)16(21)13-5-10-22-11-13/h1-5,10-11H,6-9H2. The van der Waals surface area contributed by atoms with Crippen molar-refractivity contribution in [1.29, 1.82) is 0 Å². The van der Waals surface area contributed by atoms with Crippen molar-refractivity contribution >= 4 is 34.4 Å². The zero-order valence-electron chi connectivity index (χ0n) is 11.9. The molecule has 1 fully saturated rings. The van der Waals surface area contributed by atoms with Crippen LogP contribution in [0, 0.1) is 3.57 Å². The average Bonchev–Trinajstić information content (AvgIpc) is 3.09. The average molecular weight is 410 g/mol. The molecule has 1 aromatic heterocycles. The van der Waals surface area contributed by atoms with Crippen molar-refractivity contribution in [2.45, 2.75) is 0 Å². The van der Waals surface area contributed by atoms with Crippen molar-refractivity contribution in [3.63, 3.8) is 0 Å². The summed E-state index contributed by atoms with van der Waals surface area (Å²) in [7, 11) is 0. The molecule has 2 heterocycles. The molecule has 0 saturated carbocycles. The first kappa shape index (κ1) is 15.1. The highest BCUT2D eigenvalue weighted by molar-refractivity contribution is 14.1. The molecule has 1 aliphatic heterocycles. The van der Waals surface area contributed by atoms with Crippen molar-refractivity contribution in [3.05, 3.63) is 57.6 Å². The van der Waals surface area contributed by atoms with Crippen LogP contribution in [-0.4, -0.2) is 47.8 Å². The second-order valence-electron chi connectivity index (χ2n) is 5.10. The Morgan fingerprint density at radius 1 is 0.864 bits per heavy atom. The van der Waals surface area contributed by atoms with Gasteiger partial charge in [-0.15, -0.1) is 0 Å². The lowest BCUT2D eigenvalue weighted by Crippen LogP contribution is -2.50. The summed E-state index contributed by atoms with van der Waals surface area (Å²) in [6.45, 7) is 2.18. The number of carbonyl (C=O) groups is 2. The van der Waals surface area contributed by atoms with Gasteiger partial charge in [0.05, 0.1) is 11.8 Å². The van der Waals surface area contributed by atoms with Crippen molar-refractivity contribution in [2.24, 2.45) is 0 Å². The highest BCUT2D eigenvalue weighted by Gasteiger charge is 2.25. The molecule has 3 rings (SSSR count). The Balaban J connectivity index is 1.60. The highest BCUT2D eigenvalue weighted by atomic mass is 127. The number of nitrogens with zero attached hydrogens (tertiary/aromatic N) is 2. The molecule has 5 nitrogen and oxygen atoms in total. The predicted molar refractivity (Wildman–Crippen MR) is 89.7 cm³/mol. The topological polar surface area (TPSA) is 53.8 Å². The van der Waals surface area contributed by atoms with Crippen LogP contribution in [0.5, 0.6) is 0 Å². The number of furan rings is 1. The fraction of sp³-hybridized carbons (Fsp3) is 0.250. The maximum atomic E-state index is 12.4. The largest absolute Gasteiger partial charge is 0.472 e. The van der Waals surface area contributed by atoms with Gasteiger partial charge in [0.2, 0.25) is 0 Å². The summed E-state index contributed by atoms with van der Waals surface area (Å²) in [6.07, 6.45) is 2.94. The van der Waals surface area contributed by atoms with Crippen LogP contribution in [0.25, 0.3) is 0 Å². The van der Waals surface area contributed by atoms with E-state index in [0.29, 0.717) is 37.3 Å². The van der Waals surface area contributed by atoms with Crippen LogP contribution in [-0.2, 0) is 0 Å². The van der Waals surface area contributed by atoms with Gasteiger partial charge in [-0.25, -0.2) is 0 Å². The van der Waals surface area contributed by atoms with E-state index in [-0.39, 0.29) is 11.8 Å². The van der Waals surface area contributed by atoms with E-state index in [0.717, 1.165) is 3.57 Å². The second-order valence-corrected chi connectivity index (χ2v) is 6.35. The lowest BCUT2D eigenvalue weighted by Gasteiger charge is -2.34. The van der Waals surface area contributed by atoms with Crippen molar-refractivity contribution in [1.82, 2.24) is 9.80 Å². The Hall–Kier alpha value is -1.83. The van der Waals surface area contributed by atoms with E-state index < -0.39 is 0 Å². The van der Waals surface area contributed by atoms with Gasteiger partial charge in [-0.1, -0.05) is 0 Å². The van der Waals surface area contributed by atoms with E-state index in [1.165, 1.54) is 12.5 Å². The number of benzene rings is 1. The molecule has 1 aromatic carbocycles. The number of hydrogen-bond acceptors (Lipinski definition) is 3. The van der Waals surface area contributed by atoms with Gasteiger partial charge in [0.1, 0.15) is 6.26 Å². The van der Waals surface area contributed by atoms with Crippen LogP contribution in [0.3, 0.4) is 0 Å². The molecule has 0 radical (unpaired) electrons. The monoisotopic (exact) mass is 410 g/mol. The first-order valence-corrected chi connectivity index (χ1v) is 8.09. The number of hydrogen-bond donors (Lipinski definition) is 0. The Morgan fingerprint density at radius 3 is 1.91 bits per heavy atom. The molecule has 6 heteroatoms. The van der Waals surface area contributed by atoms with Crippen LogP contribution in [0.4, 0.5) is 0 Å². The van der Waals surface area contributed by atoms with E-state index in [9.17, 15) is 9.59 Å². The highest BCUT2D eigenvalue weighted by Crippen LogP contribution is 2.13. The van der Waals surface area contributed by atoms with Crippen LogP contribution in [0.15, 0.2) is 47.3 Å². The summed E-state index contributed by atoms with van der Waals surface area (Å²) < 4.78 is 6.04. The minimum absolute atomic E-state index is 0.0202. The maximum Gasteiger partial charge on any atom is 0.257 e. The van der Waals surface area contributed by atoms with Gasteiger partial charge in [0.25, 0.3) is 11.8 Å². The van der Waals surface area contributed by atoms with Gasteiger partial charge in [-0.05, 0) is 52.9 Å². The number of rotatable bonds is 2. The molecule has 1 saturated heterocycles. The number of amides is 2. The van der Waals surface area contributed by atoms with Crippen molar-refractivity contribution < 1.29 is 14.0 Å². The normalized spacial score (nSPS) is 15.0. The number of piperazine rings is 1. The molecule has 22 heavy (non-hydrogen) atoms. The Morgan fingerprint density at radius 2 is 1.41 bits per heavy atom. The number of carbonyl (C=O) groups excluding carboxylic acids is 2. The van der Waals surface area contributed by atoms with E-state index >= 15 is 0 Å². The molecular weight excluding hydrogens is 395 g/mol. The van der Waals surface area contributed by atoms with Gasteiger partial charge in [0.15, 0.2) is 0 Å². The lowest BCUT2D eigenvalue weighted by atomic mass is 10.1. The van der Waals surface area contributed by atoms with Gasteiger partial charge < -0.3 is 14.2 Å². The molecule has 1 aliphatic rings. The molecule has 0 atom stereocenters. The molecule has 2 amide bonds. The Bertz CT molecular complexity index is 659. The Labute approximate surface area is 142 Å². The Kier molecular flexibility index (Phi) is 4.47. The smallest absolute Gasteiger partial charge is 0.257 e. The van der Waals surface area contributed by atoms with Crippen LogP contribution >= 0.6 is 22.6 Å². The van der Waals surface area contributed by atoms with E-state index in [1.807, 2.05) is 24.3 Å². The minimum atomic E-state index is -0.0462. The van der Waals surface area contributed by atoms with Gasteiger partial charge >= 0.3 is 0 Å². The van der Waals surface area contributed by atoms with E-state index in [1.54, 1.807) is 15.9 Å². The molecule has 0 unspecified atom stereocenters. The van der Waals surface area contributed by atoms with Crippen LogP contribution < -0.4 is 0 Å². The van der Waals surface area contributed by atoms with Crippen LogP contribution in [0.1, 0.15) is 20.7 Å². The summed E-state index contributed by atoms with van der Waals surface area (Å²) >= 11 is 2.21. The quantitative estimate of drug-likeness (QED) is 0.716. The third kappa shape index (κ3) is 3.16. The third-order valence-electron chi connectivity index (χ3n) is 3.71. The zero-order valence-corrected chi connectivity index (χ0v) is 14.0. The summed E-state index contributed by atoms with van der Waals surface area (Å²) in [4.78, 5) is 28.2. The molecule has 2 aromatic rings. The van der Waals surface area contributed by atoms with Gasteiger partial charge in [-0.2, -0.15) is 0 Å². The first-order chi connectivity index (χ1) is 10.6. The SMILES string of the molecule is O=C(c1ccc(I)cc1)N1CCN(C(=O)c2ccoc2)CC1. The van der Waals surface area contributed by atoms with E-state index in [2.05, 4.69) is 22.6 Å². The molecular formula is C16H15IN2O3. The fourth-order valence-electron chi connectivity index (χ4n) is 2.46. The third-order valence-corrected chi connectivity index (χ3v) is 4.43. The molecule has 0 bridgehead atoms. The van der Waals surface area contributed by atoms with Crippen LogP contribution in [0.2, 0.25) is 0 Å². The molecule has 114 valence electrons. The first-order valence-electron chi connectivity index (χ1n) is 7.01. The van der Waals surface area contributed by atoms with E-state index in [4.69, 9.17) is 4.42 Å². The van der Waals surface area contributed by atoms with Crippen molar-refractivity contribution in [3.8, 4) is 0 Å². The lowest BCUT2D eigenvalue weighted by molar-refractivity contribution is 0.0535.